The molecule has 2 rings (SSSR count). The number of hydrogen-bond donors (Lipinski definition) is 2. The molecule has 1 unspecified atom stereocenters. The number of carbonyl (C=O) groups is 1. The van der Waals surface area contributed by atoms with Crippen LogP contribution in [0, 0.1) is 18.3 Å². The van der Waals surface area contributed by atoms with E-state index in [2.05, 4.69) is 41.8 Å². The highest BCUT2D eigenvalue weighted by Gasteiger charge is 2.34. The molecular weight excluding hydrogens is 248 g/mol. The van der Waals surface area contributed by atoms with E-state index >= 15 is 0 Å². The van der Waals surface area contributed by atoms with E-state index in [1.165, 1.54) is 24.0 Å². The Balaban J connectivity index is 2.03. The Kier molecular flexibility index (Phi) is 4.48. The molecule has 0 spiro atoms. The van der Waals surface area contributed by atoms with Crippen molar-refractivity contribution in [2.45, 2.75) is 39.7 Å². The number of rotatable bonds is 6. The fourth-order valence-electron chi connectivity index (χ4n) is 2.54. The van der Waals surface area contributed by atoms with Crippen LogP contribution in [0.5, 0.6) is 0 Å². The highest BCUT2D eigenvalue weighted by Crippen LogP contribution is 2.41. The lowest BCUT2D eigenvalue weighted by Crippen LogP contribution is -2.43. The molecule has 1 fully saturated rings. The van der Waals surface area contributed by atoms with Gasteiger partial charge in [-0.15, -0.1) is 0 Å². The van der Waals surface area contributed by atoms with Gasteiger partial charge in [0.25, 0.3) is 0 Å². The summed E-state index contributed by atoms with van der Waals surface area (Å²) >= 11 is 0. The molecule has 0 heterocycles. The number of aryl methyl sites for hydroxylation is 1. The molecule has 0 aromatic heterocycles. The van der Waals surface area contributed by atoms with Crippen molar-refractivity contribution in [2.75, 3.05) is 13.6 Å². The Labute approximate surface area is 122 Å². The monoisotopic (exact) mass is 274 g/mol. The highest BCUT2D eigenvalue weighted by molar-refractivity contribution is 5.81. The van der Waals surface area contributed by atoms with Crippen molar-refractivity contribution in [3.63, 3.8) is 0 Å². The summed E-state index contributed by atoms with van der Waals surface area (Å²) in [5, 5.41) is 6.35. The third-order valence-corrected chi connectivity index (χ3v) is 4.14. The highest BCUT2D eigenvalue weighted by atomic mass is 16.2. The van der Waals surface area contributed by atoms with E-state index in [1.54, 1.807) is 7.05 Å². The van der Waals surface area contributed by atoms with E-state index in [1.807, 2.05) is 13.8 Å². The maximum atomic E-state index is 11.9. The van der Waals surface area contributed by atoms with Crippen LogP contribution < -0.4 is 10.6 Å². The van der Waals surface area contributed by atoms with Crippen LogP contribution in [-0.2, 0) is 4.79 Å². The molecule has 1 saturated carbocycles. The lowest BCUT2D eigenvalue weighted by Gasteiger charge is -2.27. The minimum absolute atomic E-state index is 0.0865. The van der Waals surface area contributed by atoms with E-state index in [0.717, 1.165) is 5.92 Å². The molecule has 1 amide bonds. The summed E-state index contributed by atoms with van der Waals surface area (Å²) in [5.74, 6) is 0.807. The number of amides is 1. The molecule has 1 aliphatic rings. The molecule has 1 aromatic carbocycles. The second-order valence-corrected chi connectivity index (χ2v) is 6.57. The molecule has 1 aromatic rings. The molecule has 0 saturated heterocycles. The lowest BCUT2D eigenvalue weighted by molar-refractivity contribution is -0.128. The normalized spacial score (nSPS) is 16.8. The van der Waals surface area contributed by atoms with Gasteiger partial charge in [-0.25, -0.2) is 0 Å². The average molecular weight is 274 g/mol. The van der Waals surface area contributed by atoms with Gasteiger partial charge in [0.15, 0.2) is 0 Å². The summed E-state index contributed by atoms with van der Waals surface area (Å²) in [6, 6.07) is 9.11. The van der Waals surface area contributed by atoms with Gasteiger partial charge in [0.1, 0.15) is 0 Å². The first kappa shape index (κ1) is 15.0. The van der Waals surface area contributed by atoms with Gasteiger partial charge in [0.2, 0.25) is 5.91 Å². The van der Waals surface area contributed by atoms with Crippen LogP contribution >= 0.6 is 0 Å². The smallest absolute Gasteiger partial charge is 0.226 e. The molecule has 0 aliphatic heterocycles. The summed E-state index contributed by atoms with van der Waals surface area (Å²) < 4.78 is 0. The Bertz CT molecular complexity index is 460. The number of nitrogens with one attached hydrogen (secondary N) is 2. The largest absolute Gasteiger partial charge is 0.359 e. The molecule has 0 radical (unpaired) electrons. The quantitative estimate of drug-likeness (QED) is 0.837. The minimum Gasteiger partial charge on any atom is -0.359 e. The molecule has 110 valence electrons. The predicted octanol–water partition coefficient (Wildman–Crippen LogP) is 2.81. The van der Waals surface area contributed by atoms with Crippen molar-refractivity contribution in [2.24, 2.45) is 11.3 Å². The van der Waals surface area contributed by atoms with E-state index in [9.17, 15) is 4.79 Å². The third-order valence-electron chi connectivity index (χ3n) is 4.14. The zero-order valence-corrected chi connectivity index (χ0v) is 13.0. The van der Waals surface area contributed by atoms with Crippen molar-refractivity contribution >= 4 is 5.91 Å². The van der Waals surface area contributed by atoms with Crippen LogP contribution in [0.1, 0.15) is 43.9 Å². The molecule has 1 aliphatic carbocycles. The Morgan fingerprint density at radius 3 is 2.40 bits per heavy atom. The molecule has 0 bridgehead atoms. The fraction of sp³-hybridized carbons (Fsp3) is 0.588. The maximum absolute atomic E-state index is 11.9. The predicted molar refractivity (Wildman–Crippen MR) is 82.5 cm³/mol. The molecular formula is C17H26N2O. The average Bonchev–Trinajstić information content (AvgIpc) is 3.24. The van der Waals surface area contributed by atoms with E-state index in [4.69, 9.17) is 0 Å². The topological polar surface area (TPSA) is 41.1 Å². The molecule has 3 nitrogen and oxygen atoms in total. The van der Waals surface area contributed by atoms with Crippen LogP contribution in [0.25, 0.3) is 0 Å². The van der Waals surface area contributed by atoms with E-state index in [0.29, 0.717) is 12.6 Å². The first-order chi connectivity index (χ1) is 9.44. The van der Waals surface area contributed by atoms with Gasteiger partial charge >= 0.3 is 0 Å². The first-order valence-corrected chi connectivity index (χ1v) is 7.46. The van der Waals surface area contributed by atoms with Crippen LogP contribution in [-0.4, -0.2) is 19.5 Å². The molecule has 3 heteroatoms. The van der Waals surface area contributed by atoms with Gasteiger partial charge in [-0.1, -0.05) is 29.8 Å². The van der Waals surface area contributed by atoms with E-state index < -0.39 is 0 Å². The molecule has 20 heavy (non-hydrogen) atoms. The number of benzene rings is 1. The van der Waals surface area contributed by atoms with Gasteiger partial charge in [0, 0.05) is 19.6 Å². The fourth-order valence-corrected chi connectivity index (χ4v) is 2.54. The lowest BCUT2D eigenvalue weighted by atomic mass is 9.91. The van der Waals surface area contributed by atoms with Crippen molar-refractivity contribution in [1.82, 2.24) is 10.6 Å². The first-order valence-electron chi connectivity index (χ1n) is 7.46. The van der Waals surface area contributed by atoms with Crippen LogP contribution in [0.3, 0.4) is 0 Å². The summed E-state index contributed by atoms with van der Waals surface area (Å²) in [6.07, 6.45) is 2.57. The Morgan fingerprint density at radius 1 is 1.30 bits per heavy atom. The number of hydrogen-bond acceptors (Lipinski definition) is 2. The van der Waals surface area contributed by atoms with Crippen molar-refractivity contribution in [3.8, 4) is 0 Å². The van der Waals surface area contributed by atoms with Crippen LogP contribution in [0.15, 0.2) is 24.3 Å². The Morgan fingerprint density at radius 2 is 1.90 bits per heavy atom. The van der Waals surface area contributed by atoms with Crippen molar-refractivity contribution in [3.05, 3.63) is 35.4 Å². The summed E-state index contributed by atoms with van der Waals surface area (Å²) in [5.41, 5.74) is 2.24. The standard InChI is InChI=1S/C17H26N2O/c1-12-5-7-13(8-6-12)15(14-9-10-14)19-11-17(2,3)16(20)18-4/h5-8,14-15,19H,9-11H2,1-4H3,(H,18,20). The summed E-state index contributed by atoms with van der Waals surface area (Å²) in [4.78, 5) is 11.9. The van der Waals surface area contributed by atoms with Crippen molar-refractivity contribution < 1.29 is 4.79 Å². The van der Waals surface area contributed by atoms with Gasteiger partial charge in [-0.3, -0.25) is 4.79 Å². The van der Waals surface area contributed by atoms with Crippen LogP contribution in [0.2, 0.25) is 0 Å². The van der Waals surface area contributed by atoms with Gasteiger partial charge in [0.05, 0.1) is 5.41 Å². The van der Waals surface area contributed by atoms with Crippen molar-refractivity contribution in [1.29, 1.82) is 0 Å². The SMILES string of the molecule is CNC(=O)C(C)(C)CNC(c1ccc(C)cc1)C1CC1. The van der Waals surface area contributed by atoms with Gasteiger partial charge in [-0.05, 0) is 45.1 Å². The second kappa shape index (κ2) is 5.96. The number of carbonyl (C=O) groups excluding carboxylic acids is 1. The maximum Gasteiger partial charge on any atom is 0.226 e. The zero-order chi connectivity index (χ0) is 14.8. The minimum atomic E-state index is -0.382. The van der Waals surface area contributed by atoms with Crippen LogP contribution in [0.4, 0.5) is 0 Å². The molecule has 2 N–H and O–H groups in total. The Hall–Kier alpha value is -1.35. The summed E-state index contributed by atoms with van der Waals surface area (Å²) in [6.45, 7) is 6.77. The second-order valence-electron chi connectivity index (χ2n) is 6.57. The summed E-state index contributed by atoms with van der Waals surface area (Å²) in [7, 11) is 1.70. The zero-order valence-electron chi connectivity index (χ0n) is 13.0. The molecule has 1 atom stereocenters. The van der Waals surface area contributed by atoms with Gasteiger partial charge in [-0.2, -0.15) is 0 Å². The third kappa shape index (κ3) is 3.60. The van der Waals surface area contributed by atoms with E-state index in [-0.39, 0.29) is 11.3 Å². The van der Waals surface area contributed by atoms with Gasteiger partial charge < -0.3 is 10.6 Å².